The van der Waals surface area contributed by atoms with Crippen molar-refractivity contribution in [3.05, 3.63) is 23.5 Å². The Labute approximate surface area is 119 Å². The second-order valence-electron chi connectivity index (χ2n) is 5.39. The molecule has 1 fully saturated rings. The highest BCUT2D eigenvalue weighted by molar-refractivity contribution is 7.89. The minimum absolute atomic E-state index is 0.178. The normalized spacial score (nSPS) is 21.5. The SMILES string of the molecule is CN1CCN(S(=O)(=O)c2ccnc(Cl)c2)CC1(C)C. The topological polar surface area (TPSA) is 53.5 Å². The van der Waals surface area contributed by atoms with Crippen LogP contribution in [0, 0.1) is 0 Å². The lowest BCUT2D eigenvalue weighted by atomic mass is 10.0. The Morgan fingerprint density at radius 3 is 2.63 bits per heavy atom. The van der Waals surface area contributed by atoms with Crippen molar-refractivity contribution in [1.82, 2.24) is 14.2 Å². The van der Waals surface area contributed by atoms with Crippen molar-refractivity contribution in [2.45, 2.75) is 24.3 Å². The van der Waals surface area contributed by atoms with Crippen LogP contribution >= 0.6 is 11.6 Å². The van der Waals surface area contributed by atoms with E-state index in [9.17, 15) is 8.42 Å². The lowest BCUT2D eigenvalue weighted by Crippen LogP contribution is -2.58. The van der Waals surface area contributed by atoms with E-state index in [4.69, 9.17) is 11.6 Å². The molecule has 0 N–H and O–H groups in total. The van der Waals surface area contributed by atoms with Gasteiger partial charge in [-0.1, -0.05) is 11.6 Å². The van der Waals surface area contributed by atoms with Crippen LogP contribution < -0.4 is 0 Å². The number of rotatable bonds is 2. The number of halogens is 1. The molecule has 2 heterocycles. The summed E-state index contributed by atoms with van der Waals surface area (Å²) in [4.78, 5) is 6.18. The van der Waals surface area contributed by atoms with Crippen molar-refractivity contribution in [2.24, 2.45) is 0 Å². The highest BCUT2D eigenvalue weighted by atomic mass is 35.5. The van der Waals surface area contributed by atoms with Gasteiger partial charge in [-0.05, 0) is 33.0 Å². The summed E-state index contributed by atoms with van der Waals surface area (Å²) in [6.07, 6.45) is 1.41. The maximum absolute atomic E-state index is 12.6. The van der Waals surface area contributed by atoms with Gasteiger partial charge in [0, 0.05) is 31.4 Å². The predicted octanol–water partition coefficient (Wildman–Crippen LogP) is 1.45. The lowest BCUT2D eigenvalue weighted by Gasteiger charge is -2.44. The molecule has 0 radical (unpaired) electrons. The summed E-state index contributed by atoms with van der Waals surface area (Å²) >= 11 is 5.77. The molecule has 1 aliphatic heterocycles. The molecule has 7 heteroatoms. The fourth-order valence-electron chi connectivity index (χ4n) is 2.09. The summed E-state index contributed by atoms with van der Waals surface area (Å²) < 4.78 is 26.6. The Hall–Kier alpha value is -0.690. The van der Waals surface area contributed by atoms with Crippen molar-refractivity contribution in [3.8, 4) is 0 Å². The Kier molecular flexibility index (Phi) is 3.88. The van der Waals surface area contributed by atoms with Crippen LogP contribution in [0.4, 0.5) is 0 Å². The van der Waals surface area contributed by atoms with Gasteiger partial charge in [0.1, 0.15) is 5.15 Å². The van der Waals surface area contributed by atoms with Crippen LogP contribution in [0.15, 0.2) is 23.2 Å². The summed E-state index contributed by atoms with van der Waals surface area (Å²) in [5.41, 5.74) is -0.178. The van der Waals surface area contributed by atoms with Gasteiger partial charge in [0.2, 0.25) is 10.0 Å². The average molecular weight is 304 g/mol. The van der Waals surface area contributed by atoms with E-state index in [1.807, 2.05) is 20.9 Å². The minimum Gasteiger partial charge on any atom is -0.299 e. The van der Waals surface area contributed by atoms with Gasteiger partial charge in [-0.25, -0.2) is 13.4 Å². The van der Waals surface area contributed by atoms with E-state index >= 15 is 0 Å². The number of piperazine rings is 1. The first-order valence-electron chi connectivity index (χ1n) is 6.06. The van der Waals surface area contributed by atoms with Gasteiger partial charge < -0.3 is 0 Å². The molecule has 19 heavy (non-hydrogen) atoms. The van der Waals surface area contributed by atoms with Gasteiger partial charge in [0.15, 0.2) is 0 Å². The monoisotopic (exact) mass is 303 g/mol. The van der Waals surface area contributed by atoms with Crippen LogP contribution in [-0.4, -0.2) is 54.8 Å². The van der Waals surface area contributed by atoms with Gasteiger partial charge in [0.05, 0.1) is 4.90 Å². The predicted molar refractivity (Wildman–Crippen MR) is 74.7 cm³/mol. The van der Waals surface area contributed by atoms with Gasteiger partial charge in [-0.3, -0.25) is 4.90 Å². The Balaban J connectivity index is 2.31. The second kappa shape index (κ2) is 5.01. The molecule has 1 aromatic heterocycles. The largest absolute Gasteiger partial charge is 0.299 e. The van der Waals surface area contributed by atoms with Crippen molar-refractivity contribution in [3.63, 3.8) is 0 Å². The first kappa shape index (κ1) is 14.7. The van der Waals surface area contributed by atoms with Crippen molar-refractivity contribution >= 4 is 21.6 Å². The maximum atomic E-state index is 12.6. The zero-order valence-corrected chi connectivity index (χ0v) is 12.9. The summed E-state index contributed by atoms with van der Waals surface area (Å²) in [6, 6.07) is 2.87. The molecule has 0 amide bonds. The molecule has 1 aromatic rings. The van der Waals surface area contributed by atoms with E-state index in [2.05, 4.69) is 9.88 Å². The number of nitrogens with zero attached hydrogens (tertiary/aromatic N) is 3. The van der Waals surface area contributed by atoms with Crippen LogP contribution in [-0.2, 0) is 10.0 Å². The number of likely N-dealkylation sites (N-methyl/N-ethyl adjacent to an activating group) is 1. The molecule has 5 nitrogen and oxygen atoms in total. The third-order valence-corrected chi connectivity index (χ3v) is 5.67. The highest BCUT2D eigenvalue weighted by Crippen LogP contribution is 2.25. The minimum atomic E-state index is -3.50. The third kappa shape index (κ3) is 2.91. The van der Waals surface area contributed by atoms with Crippen LogP contribution in [0.2, 0.25) is 5.15 Å². The molecule has 0 saturated carbocycles. The number of aromatic nitrogens is 1. The van der Waals surface area contributed by atoms with Crippen molar-refractivity contribution in [2.75, 3.05) is 26.7 Å². The average Bonchev–Trinajstić information content (AvgIpc) is 2.32. The smallest absolute Gasteiger partial charge is 0.243 e. The van der Waals surface area contributed by atoms with Crippen LogP contribution in [0.1, 0.15) is 13.8 Å². The summed E-state index contributed by atoms with van der Waals surface area (Å²) in [7, 11) is -1.49. The van der Waals surface area contributed by atoms with Gasteiger partial charge in [-0.2, -0.15) is 4.31 Å². The molecule has 0 spiro atoms. The van der Waals surface area contributed by atoms with Crippen molar-refractivity contribution in [1.29, 1.82) is 0 Å². The number of hydrogen-bond acceptors (Lipinski definition) is 4. The third-order valence-electron chi connectivity index (χ3n) is 3.62. The summed E-state index contributed by atoms with van der Waals surface area (Å²) in [5, 5.41) is 0.189. The fourth-order valence-corrected chi connectivity index (χ4v) is 3.93. The molecule has 2 rings (SSSR count). The molecule has 0 atom stereocenters. The van der Waals surface area contributed by atoms with Crippen LogP contribution in [0.5, 0.6) is 0 Å². The molecular weight excluding hydrogens is 286 g/mol. The number of pyridine rings is 1. The van der Waals surface area contributed by atoms with E-state index in [-0.39, 0.29) is 15.6 Å². The van der Waals surface area contributed by atoms with Gasteiger partial charge >= 0.3 is 0 Å². The molecule has 0 aromatic carbocycles. The first-order chi connectivity index (χ1) is 8.73. The molecule has 0 aliphatic carbocycles. The first-order valence-corrected chi connectivity index (χ1v) is 7.88. The van der Waals surface area contributed by atoms with Gasteiger partial charge in [0.25, 0.3) is 0 Å². The number of sulfonamides is 1. The summed E-state index contributed by atoms with van der Waals surface area (Å²) in [6.45, 7) is 5.74. The zero-order chi connectivity index (χ0) is 14.3. The molecule has 1 saturated heterocycles. The maximum Gasteiger partial charge on any atom is 0.243 e. The molecule has 0 bridgehead atoms. The van der Waals surface area contributed by atoms with Crippen molar-refractivity contribution < 1.29 is 8.42 Å². The van der Waals surface area contributed by atoms with E-state index in [0.29, 0.717) is 19.6 Å². The second-order valence-corrected chi connectivity index (χ2v) is 7.71. The molecule has 0 unspecified atom stereocenters. The van der Waals surface area contributed by atoms with Gasteiger partial charge in [-0.15, -0.1) is 0 Å². The van der Waals surface area contributed by atoms with E-state index in [0.717, 1.165) is 0 Å². The van der Waals surface area contributed by atoms with Crippen LogP contribution in [0.3, 0.4) is 0 Å². The van der Waals surface area contributed by atoms with E-state index in [1.54, 1.807) is 0 Å². The quantitative estimate of drug-likeness (QED) is 0.776. The molecule has 106 valence electrons. The Morgan fingerprint density at radius 2 is 2.05 bits per heavy atom. The number of hydrogen-bond donors (Lipinski definition) is 0. The molecular formula is C12H18ClN3O2S. The Bertz CT molecular complexity index is 574. The summed E-state index contributed by atoms with van der Waals surface area (Å²) in [5.74, 6) is 0. The Morgan fingerprint density at radius 1 is 1.37 bits per heavy atom. The molecule has 1 aliphatic rings. The lowest BCUT2D eigenvalue weighted by molar-refractivity contribution is 0.0801. The standard InChI is InChI=1S/C12H18ClN3O2S/c1-12(2)9-16(7-6-15(12)3)19(17,18)10-4-5-14-11(13)8-10/h4-5,8H,6-7,9H2,1-3H3. The highest BCUT2D eigenvalue weighted by Gasteiger charge is 2.37. The fraction of sp³-hybridized carbons (Fsp3) is 0.583. The zero-order valence-electron chi connectivity index (χ0n) is 11.3. The van der Waals surface area contributed by atoms with E-state index in [1.165, 1.54) is 22.6 Å². The van der Waals surface area contributed by atoms with E-state index < -0.39 is 10.0 Å². The van der Waals surface area contributed by atoms with Crippen LogP contribution in [0.25, 0.3) is 0 Å².